The lowest BCUT2D eigenvalue weighted by molar-refractivity contribution is -0.378. The molecule has 4 heterocycles. The highest BCUT2D eigenvalue weighted by Gasteiger charge is 2.63. The molecule has 0 aliphatic carbocycles. The molecule has 4 fully saturated rings. The summed E-state index contributed by atoms with van der Waals surface area (Å²) in [5.74, 6) is -16.7. The van der Waals surface area contributed by atoms with Crippen molar-refractivity contribution in [2.45, 2.75) is 540 Å². The molecule has 40 nitrogen and oxygen atoms in total. The van der Waals surface area contributed by atoms with Crippen molar-refractivity contribution in [3.05, 3.63) is 0 Å². The number of hydrogen-bond acceptors (Lipinski definition) is 32. The quantitative estimate of drug-likeness (QED) is 0.0116. The first-order valence-electron chi connectivity index (χ1n) is 51.9. The predicted octanol–water partition coefficient (Wildman–Crippen LogP) is 10.7. The maximum atomic E-state index is 15.5. The van der Waals surface area contributed by atoms with E-state index in [4.69, 9.17) is 56.4 Å². The molecule has 4 aliphatic heterocycles. The van der Waals surface area contributed by atoms with Gasteiger partial charge in [-0.15, -0.1) is 0 Å². The fraction of sp³-hybridized carbons (Fsp3) is 0.927. The molecule has 808 valence electrons. The second kappa shape index (κ2) is 70.6. The summed E-state index contributed by atoms with van der Waals surface area (Å²) in [5.41, 5.74) is 0. The van der Waals surface area contributed by atoms with Crippen molar-refractivity contribution in [2.75, 3.05) is 26.4 Å². The number of aliphatic hydroxyl groups excluding tert-OH is 11. The zero-order valence-electron chi connectivity index (χ0n) is 82.7. The van der Waals surface area contributed by atoms with E-state index < -0.39 is 268 Å². The van der Waals surface area contributed by atoms with Crippen LogP contribution in [0.5, 0.6) is 0 Å². The van der Waals surface area contributed by atoms with E-state index in [9.17, 15) is 124 Å². The van der Waals surface area contributed by atoms with Crippen LogP contribution in [-0.2, 0) is 99.1 Å². The molecule has 0 aromatic rings. The second-order valence-corrected chi connectivity index (χ2v) is 40.7. The Kier molecular flexibility index (Phi) is 64.5. The molecule has 0 bridgehead atoms. The molecule has 19 N–H and O–H groups in total. The Hall–Kier alpha value is -4.21. The Morgan fingerprint density at radius 3 is 1.17 bits per heavy atom. The van der Waals surface area contributed by atoms with Gasteiger partial charge in [0, 0.05) is 19.3 Å². The van der Waals surface area contributed by atoms with Crippen LogP contribution < -0.4 is 10.6 Å². The minimum absolute atomic E-state index is 0.0175. The van der Waals surface area contributed by atoms with Crippen molar-refractivity contribution in [1.29, 1.82) is 0 Å². The Morgan fingerprint density at radius 2 is 0.754 bits per heavy atom. The highest BCUT2D eigenvalue weighted by molar-refractivity contribution is 7.46. The predicted molar refractivity (Wildman–Crippen MR) is 503 cm³/mol. The van der Waals surface area contributed by atoms with Gasteiger partial charge in [0.25, 0.3) is 11.6 Å². The van der Waals surface area contributed by atoms with E-state index in [0.717, 1.165) is 225 Å². The van der Waals surface area contributed by atoms with Crippen molar-refractivity contribution in [3.63, 3.8) is 0 Å². The maximum Gasteiger partial charge on any atom is 0.472 e. The fourth-order valence-corrected chi connectivity index (χ4v) is 19.2. The Bertz CT molecular complexity index is 3410. The number of ether oxygens (including phenoxy) is 10. The number of nitrogens with one attached hydrogen (secondary N) is 2. The van der Waals surface area contributed by atoms with E-state index >= 15 is 4.79 Å². The number of esters is 3. The highest BCUT2D eigenvalue weighted by Crippen LogP contribution is 2.47. The monoisotopic (exact) mass is 2030 g/mol. The molecular weight excluding hydrogens is 1850 g/mol. The molecule has 0 radical (unpaired) electrons. The van der Waals surface area contributed by atoms with Crippen LogP contribution in [0.3, 0.4) is 0 Å². The third-order valence-corrected chi connectivity index (χ3v) is 27.1. The van der Waals surface area contributed by atoms with Gasteiger partial charge in [0.15, 0.2) is 24.8 Å². The number of carbonyl (C=O) groups is 7. The Balaban J connectivity index is 2.02. The van der Waals surface area contributed by atoms with Crippen LogP contribution in [0.4, 0.5) is 0 Å². The van der Waals surface area contributed by atoms with Gasteiger partial charge >= 0.3 is 45.5 Å². The number of hydrogen-bond donors (Lipinski definition) is 19. The highest BCUT2D eigenvalue weighted by atomic mass is 31.2. The van der Waals surface area contributed by atoms with Crippen molar-refractivity contribution < 1.29 is 185 Å². The normalized spacial score (nSPS) is 26.7. The van der Waals surface area contributed by atoms with Crippen LogP contribution in [0.15, 0.2) is 0 Å². The van der Waals surface area contributed by atoms with Gasteiger partial charge in [0.2, 0.25) is 11.8 Å². The van der Waals surface area contributed by atoms with Crippen LogP contribution >= 0.6 is 15.6 Å². The van der Waals surface area contributed by atoms with Gasteiger partial charge in [-0.25, -0.2) is 18.7 Å². The van der Waals surface area contributed by atoms with E-state index in [1.165, 1.54) is 0 Å². The first kappa shape index (κ1) is 126. The van der Waals surface area contributed by atoms with Crippen molar-refractivity contribution in [1.82, 2.24) is 10.6 Å². The lowest BCUT2D eigenvalue weighted by atomic mass is 9.90. The number of amides is 2. The van der Waals surface area contributed by atoms with Crippen molar-refractivity contribution >= 4 is 57.3 Å². The number of carbonyl (C=O) groups excluding carboxylic acids is 5. The Labute approximate surface area is 816 Å². The molecular formula is C96H176N2O38P2. The molecule has 42 heteroatoms. The minimum atomic E-state index is -6.15. The SMILES string of the molecule is CCCCCCCCCCCC(=O)O[C@H](CCCCCCCCCCC)CC(=O)N[C@H]1C(OC(=O)C[C@H](O)CCCCCCCCCCC)[C@H](OP(=O)(O)O)C(CO[C@]2(C(=O)O)C[C@@H](O[C@]3(C(=O)O)CC(O)[C@@H](O)C([C@H](O)CO)O3)[C@@H](O)C([C@H](O)CO)O2)O[C@H]1OCC1O[C@H](OP(=O)(O)O)[C@@H](NC(=O)C[C@H](O)CCCCCCCCCCC)C(OC(=O)C[C@H](O)CCCCCCCCCCC)[C@@H]1O. The summed E-state index contributed by atoms with van der Waals surface area (Å²) in [6, 6.07) is -4.40. The average molecular weight is 2030 g/mol. The van der Waals surface area contributed by atoms with Crippen LogP contribution in [0.25, 0.3) is 0 Å². The van der Waals surface area contributed by atoms with E-state index in [1.54, 1.807) is 0 Å². The standard InChI is InChI=1S/C96H176N2O38P2/c1-6-11-16-21-26-31-36-41-46-51-66(101)56-76(107)97-81-89(130-79(110)57-67(102)52-47-42-37-32-27-22-17-12-7-2)85(114)74(128-92(81)136-138(122,123)124)64-125-91-82(98-77(108)59-69(54-49-44-39-34-29-24-19-14-9-4)127-78(109)55-50-45-40-35-30-25-20-15-10-5)90(131-80(111)58-68(103)53-48-43-38-33-28-23-18-13-8-3)88(135-137(119,120)121)75(129-91)65-126-95(93(115)116)61-73(84(113)87(133-95)72(106)63-100)132-96(94(117)118)60-70(104)83(112)86(134-96)71(105)62-99/h66-75,81-92,99-106,112-114H,6-65H2,1-5H3,(H,97,107)(H,98,108)(H,115,116)(H,117,118)(H2,119,120,121)(H2,122,123,124)/t66-,67-,68-,69-,70?,71-,72-,73-,74?,75?,81+,82+,83-,84-,85-,86?,87?,88-,89?,90?,91-,92-,95-,96-/m1/s1. The molecule has 4 saturated heterocycles. The van der Waals surface area contributed by atoms with Crippen molar-refractivity contribution in [3.8, 4) is 0 Å². The molecule has 7 unspecified atom stereocenters. The number of unbranched alkanes of at least 4 members (excludes halogenated alkanes) is 40. The summed E-state index contributed by atoms with van der Waals surface area (Å²) >= 11 is 0. The topological polar surface area (TPSA) is 632 Å². The fourth-order valence-electron chi connectivity index (χ4n) is 18.1. The summed E-state index contributed by atoms with van der Waals surface area (Å²) in [6.45, 7) is 5.12. The van der Waals surface area contributed by atoms with Crippen LogP contribution in [-0.4, -0.2) is 300 Å². The molecule has 138 heavy (non-hydrogen) atoms. The average Bonchev–Trinajstić information content (AvgIpc) is 0.806. The summed E-state index contributed by atoms with van der Waals surface area (Å²) in [7, 11) is -12.0. The van der Waals surface area contributed by atoms with Crippen LogP contribution in [0, 0.1) is 0 Å². The number of carboxylic acid groups (broad SMARTS) is 2. The minimum Gasteiger partial charge on any atom is -0.477 e. The van der Waals surface area contributed by atoms with E-state index in [2.05, 4.69) is 45.3 Å². The number of carboxylic acids is 2. The summed E-state index contributed by atoms with van der Waals surface area (Å²) < 4.78 is 98.4. The van der Waals surface area contributed by atoms with Gasteiger partial charge in [-0.2, -0.15) is 0 Å². The van der Waals surface area contributed by atoms with Gasteiger partial charge in [-0.3, -0.25) is 33.0 Å². The molecule has 0 aromatic heterocycles. The number of phosphoric acid groups is 2. The van der Waals surface area contributed by atoms with Crippen LogP contribution in [0.2, 0.25) is 0 Å². The lowest BCUT2D eigenvalue weighted by Gasteiger charge is -2.50. The van der Waals surface area contributed by atoms with E-state index in [-0.39, 0.29) is 32.1 Å². The summed E-state index contributed by atoms with van der Waals surface area (Å²) in [4.78, 5) is 144. The largest absolute Gasteiger partial charge is 0.477 e. The number of aliphatic hydroxyl groups is 11. The third kappa shape index (κ3) is 49.8. The number of rotatable bonds is 81. The lowest BCUT2D eigenvalue weighted by Crippen LogP contribution is -2.69. The first-order chi connectivity index (χ1) is 65.8. The summed E-state index contributed by atoms with van der Waals surface area (Å²) in [5, 5.41) is 151. The molecule has 2 amide bonds. The molecule has 0 aromatic carbocycles. The van der Waals surface area contributed by atoms with Gasteiger partial charge in [-0.1, -0.05) is 311 Å². The van der Waals surface area contributed by atoms with Gasteiger partial charge in [0.05, 0.1) is 82.6 Å². The molecule has 0 saturated carbocycles. The van der Waals surface area contributed by atoms with E-state index in [0.29, 0.717) is 64.2 Å². The number of aliphatic carboxylic acids is 2. The zero-order chi connectivity index (χ0) is 102. The molecule has 4 aliphatic rings. The molecule has 4 rings (SSSR count). The van der Waals surface area contributed by atoms with Gasteiger partial charge in [-0.05, 0) is 38.5 Å². The first-order valence-corrected chi connectivity index (χ1v) is 55.0. The number of phosphoric ester groups is 2. The van der Waals surface area contributed by atoms with Crippen molar-refractivity contribution in [2.24, 2.45) is 0 Å². The Morgan fingerprint density at radius 1 is 0.391 bits per heavy atom. The van der Waals surface area contributed by atoms with E-state index in [1.807, 2.05) is 0 Å². The zero-order valence-corrected chi connectivity index (χ0v) is 84.5. The van der Waals surface area contributed by atoms with Gasteiger partial charge in [0.1, 0.15) is 79.2 Å². The second-order valence-electron chi connectivity index (χ2n) is 38.3. The molecule has 24 atom stereocenters. The maximum absolute atomic E-state index is 15.5. The van der Waals surface area contributed by atoms with Gasteiger partial charge < -0.3 is 144 Å². The summed E-state index contributed by atoms with van der Waals surface area (Å²) in [6.07, 6.45) is -8.18. The van der Waals surface area contributed by atoms with Crippen LogP contribution in [0.1, 0.15) is 394 Å². The third-order valence-electron chi connectivity index (χ3n) is 26.1. The molecule has 0 spiro atoms. The smallest absolute Gasteiger partial charge is 0.472 e.